The summed E-state index contributed by atoms with van der Waals surface area (Å²) < 4.78 is 0. The van der Waals surface area contributed by atoms with Crippen LogP contribution in [-0.4, -0.2) is 34.5 Å². The Labute approximate surface area is 69.6 Å². The molecule has 4 N–H and O–H groups in total. The Balaban J connectivity index is 2.71. The SMILES string of the molecule is [N-]=[N+]=N[C@H]1[C@H](N)[C@@H](O)CC[C@@H]1O. The van der Waals surface area contributed by atoms with Gasteiger partial charge >= 0.3 is 0 Å². The van der Waals surface area contributed by atoms with Gasteiger partial charge in [0.05, 0.1) is 18.2 Å². The molecule has 1 aliphatic rings. The van der Waals surface area contributed by atoms with Crippen molar-refractivity contribution >= 4 is 0 Å². The monoisotopic (exact) mass is 172 g/mol. The number of aliphatic hydroxyl groups excluding tert-OH is 2. The van der Waals surface area contributed by atoms with E-state index in [1.807, 2.05) is 0 Å². The van der Waals surface area contributed by atoms with Crippen LogP contribution in [0.15, 0.2) is 5.11 Å². The van der Waals surface area contributed by atoms with E-state index in [1.165, 1.54) is 0 Å². The molecular formula is C6H12N4O2. The zero-order chi connectivity index (χ0) is 9.14. The highest BCUT2D eigenvalue weighted by atomic mass is 16.3. The van der Waals surface area contributed by atoms with Gasteiger partial charge in [-0.1, -0.05) is 5.11 Å². The zero-order valence-corrected chi connectivity index (χ0v) is 6.54. The highest BCUT2D eigenvalue weighted by Crippen LogP contribution is 2.21. The fourth-order valence-corrected chi connectivity index (χ4v) is 1.40. The van der Waals surface area contributed by atoms with Gasteiger partial charge in [0.2, 0.25) is 0 Å². The molecule has 0 spiro atoms. The summed E-state index contributed by atoms with van der Waals surface area (Å²) in [4.78, 5) is 2.57. The predicted molar refractivity (Wildman–Crippen MR) is 42.2 cm³/mol. The van der Waals surface area contributed by atoms with E-state index in [-0.39, 0.29) is 0 Å². The van der Waals surface area contributed by atoms with Gasteiger partial charge in [-0.25, -0.2) is 0 Å². The van der Waals surface area contributed by atoms with Crippen LogP contribution in [0.25, 0.3) is 10.4 Å². The number of rotatable bonds is 1. The van der Waals surface area contributed by atoms with Gasteiger partial charge in [0, 0.05) is 11.0 Å². The van der Waals surface area contributed by atoms with Gasteiger partial charge in [-0.2, -0.15) is 0 Å². The number of nitrogens with zero attached hydrogens (tertiary/aromatic N) is 3. The summed E-state index contributed by atoms with van der Waals surface area (Å²) in [5, 5.41) is 21.9. The van der Waals surface area contributed by atoms with Gasteiger partial charge in [-0.3, -0.25) is 0 Å². The quantitative estimate of drug-likeness (QED) is 0.281. The number of azide groups is 1. The van der Waals surface area contributed by atoms with Crippen LogP contribution < -0.4 is 5.73 Å². The molecule has 0 heterocycles. The minimum absolute atomic E-state index is 0.429. The molecule has 0 bridgehead atoms. The fraction of sp³-hybridized carbons (Fsp3) is 1.00. The Morgan fingerprint density at radius 3 is 2.50 bits per heavy atom. The standard InChI is InChI=1S/C6H12N4O2/c7-5-3(11)1-2-4(12)6(5)9-10-8/h3-6,11-12H,1-2,7H2/t3-,4-,5+,6+/m0/s1. The van der Waals surface area contributed by atoms with Crippen molar-refractivity contribution in [3.8, 4) is 0 Å². The van der Waals surface area contributed by atoms with Gasteiger partial charge in [0.15, 0.2) is 0 Å². The Kier molecular flexibility index (Phi) is 2.88. The van der Waals surface area contributed by atoms with Crippen LogP contribution in [-0.2, 0) is 0 Å². The van der Waals surface area contributed by atoms with Crippen molar-refractivity contribution in [2.24, 2.45) is 10.8 Å². The Bertz CT molecular complexity index is 204. The van der Waals surface area contributed by atoms with Crippen LogP contribution in [0, 0.1) is 0 Å². The van der Waals surface area contributed by atoms with Crippen molar-refractivity contribution in [2.45, 2.75) is 37.1 Å². The number of hydrogen-bond acceptors (Lipinski definition) is 4. The van der Waals surface area contributed by atoms with E-state index >= 15 is 0 Å². The van der Waals surface area contributed by atoms with E-state index in [1.54, 1.807) is 0 Å². The Hall–Kier alpha value is -0.810. The molecule has 0 radical (unpaired) electrons. The fourth-order valence-electron chi connectivity index (χ4n) is 1.40. The first-order valence-corrected chi connectivity index (χ1v) is 3.82. The lowest BCUT2D eigenvalue weighted by atomic mass is 9.87. The van der Waals surface area contributed by atoms with Crippen molar-refractivity contribution < 1.29 is 10.2 Å². The molecule has 0 saturated heterocycles. The molecule has 12 heavy (non-hydrogen) atoms. The van der Waals surface area contributed by atoms with E-state index in [2.05, 4.69) is 10.0 Å². The number of nitrogens with two attached hydrogens (primary N) is 1. The van der Waals surface area contributed by atoms with Crippen molar-refractivity contribution in [2.75, 3.05) is 0 Å². The van der Waals surface area contributed by atoms with Crippen LogP contribution in [0.2, 0.25) is 0 Å². The summed E-state index contributed by atoms with van der Waals surface area (Å²) in [5.74, 6) is 0. The average molecular weight is 172 g/mol. The second kappa shape index (κ2) is 3.73. The molecule has 4 atom stereocenters. The van der Waals surface area contributed by atoms with Crippen LogP contribution in [0.3, 0.4) is 0 Å². The van der Waals surface area contributed by atoms with Gasteiger partial charge in [-0.05, 0) is 18.4 Å². The van der Waals surface area contributed by atoms with Crippen molar-refractivity contribution in [1.29, 1.82) is 0 Å². The third kappa shape index (κ3) is 1.67. The molecule has 6 nitrogen and oxygen atoms in total. The van der Waals surface area contributed by atoms with E-state index in [4.69, 9.17) is 11.3 Å². The minimum atomic E-state index is -0.723. The van der Waals surface area contributed by atoms with E-state index in [9.17, 15) is 10.2 Å². The molecule has 0 amide bonds. The maximum atomic E-state index is 9.33. The topological polar surface area (TPSA) is 115 Å². The maximum absolute atomic E-state index is 9.33. The maximum Gasteiger partial charge on any atom is 0.0809 e. The summed E-state index contributed by atoms with van der Waals surface area (Å²) in [5.41, 5.74) is 13.7. The van der Waals surface area contributed by atoms with Crippen molar-refractivity contribution in [3.63, 3.8) is 0 Å². The van der Waals surface area contributed by atoms with Crippen LogP contribution in [0.4, 0.5) is 0 Å². The lowest BCUT2D eigenvalue weighted by Crippen LogP contribution is -2.53. The molecule has 0 unspecified atom stereocenters. The molecule has 0 aromatic heterocycles. The number of hydrogen-bond donors (Lipinski definition) is 3. The highest BCUT2D eigenvalue weighted by Gasteiger charge is 2.34. The van der Waals surface area contributed by atoms with Gasteiger partial charge in [0.1, 0.15) is 0 Å². The smallest absolute Gasteiger partial charge is 0.0809 e. The van der Waals surface area contributed by atoms with Gasteiger partial charge in [0.25, 0.3) is 0 Å². The first-order chi connectivity index (χ1) is 5.66. The number of aliphatic hydroxyl groups is 2. The lowest BCUT2D eigenvalue weighted by Gasteiger charge is -2.33. The van der Waals surface area contributed by atoms with E-state index in [0.717, 1.165) is 0 Å². The predicted octanol–water partition coefficient (Wildman–Crippen LogP) is -0.492. The van der Waals surface area contributed by atoms with Crippen LogP contribution in [0.5, 0.6) is 0 Å². The third-order valence-electron chi connectivity index (χ3n) is 2.18. The van der Waals surface area contributed by atoms with Gasteiger partial charge in [-0.15, -0.1) is 0 Å². The van der Waals surface area contributed by atoms with Gasteiger partial charge < -0.3 is 15.9 Å². The largest absolute Gasteiger partial charge is 0.393 e. The van der Waals surface area contributed by atoms with Crippen molar-refractivity contribution in [3.05, 3.63) is 10.4 Å². The first-order valence-electron chi connectivity index (χ1n) is 3.82. The van der Waals surface area contributed by atoms with E-state index < -0.39 is 24.3 Å². The molecule has 1 fully saturated rings. The molecule has 0 aliphatic heterocycles. The highest BCUT2D eigenvalue weighted by molar-refractivity contribution is 4.95. The molecule has 68 valence electrons. The second-order valence-corrected chi connectivity index (χ2v) is 2.98. The molecule has 1 aliphatic carbocycles. The molecule has 1 saturated carbocycles. The van der Waals surface area contributed by atoms with Crippen LogP contribution in [0.1, 0.15) is 12.8 Å². The summed E-state index contributed by atoms with van der Waals surface area (Å²) in [6.45, 7) is 0. The summed E-state index contributed by atoms with van der Waals surface area (Å²) >= 11 is 0. The third-order valence-corrected chi connectivity index (χ3v) is 2.18. The lowest BCUT2D eigenvalue weighted by molar-refractivity contribution is 0.0216. The zero-order valence-electron chi connectivity index (χ0n) is 6.54. The normalized spacial score (nSPS) is 41.9. The molecule has 1 rings (SSSR count). The molecule has 6 heteroatoms. The molecular weight excluding hydrogens is 160 g/mol. The average Bonchev–Trinajstić information content (AvgIpc) is 2.06. The van der Waals surface area contributed by atoms with Crippen LogP contribution >= 0.6 is 0 Å². The Morgan fingerprint density at radius 2 is 1.92 bits per heavy atom. The van der Waals surface area contributed by atoms with E-state index in [0.29, 0.717) is 12.8 Å². The molecule has 0 aromatic rings. The Morgan fingerprint density at radius 1 is 1.33 bits per heavy atom. The summed E-state index contributed by atoms with van der Waals surface area (Å²) in [6.07, 6.45) is -0.513. The summed E-state index contributed by atoms with van der Waals surface area (Å²) in [6, 6.07) is -1.34. The first kappa shape index (κ1) is 9.28. The minimum Gasteiger partial charge on any atom is -0.393 e. The molecule has 0 aromatic carbocycles. The second-order valence-electron chi connectivity index (χ2n) is 2.98. The van der Waals surface area contributed by atoms with Crippen molar-refractivity contribution in [1.82, 2.24) is 0 Å². The summed E-state index contributed by atoms with van der Waals surface area (Å²) in [7, 11) is 0.